The molecule has 0 unspecified atom stereocenters. The lowest BCUT2D eigenvalue weighted by atomic mass is 9.79. The SMILES string of the molecule is CC(C)(C)C(=O)NCC(=O)N[C@@]1(C)CCc2ccccc2C1. The van der Waals surface area contributed by atoms with Crippen molar-refractivity contribution in [3.8, 4) is 0 Å². The standard InChI is InChI=1S/C18H26N2O2/c1-17(2,3)16(22)19-12-15(21)20-18(4)10-9-13-7-5-6-8-14(13)11-18/h5-8H,9-12H2,1-4H3,(H,19,22)(H,20,21)/t18-/m0/s1. The molecule has 0 saturated carbocycles. The molecule has 0 heterocycles. The summed E-state index contributed by atoms with van der Waals surface area (Å²) < 4.78 is 0. The third-order valence-corrected chi connectivity index (χ3v) is 4.18. The Morgan fingerprint density at radius 1 is 1.18 bits per heavy atom. The maximum atomic E-state index is 12.1. The van der Waals surface area contributed by atoms with E-state index in [9.17, 15) is 9.59 Å². The Bertz CT molecular complexity index is 575. The molecule has 1 aromatic carbocycles. The highest BCUT2D eigenvalue weighted by atomic mass is 16.2. The molecule has 0 spiro atoms. The number of carbonyl (C=O) groups is 2. The number of rotatable bonds is 3. The Morgan fingerprint density at radius 3 is 2.45 bits per heavy atom. The number of nitrogens with one attached hydrogen (secondary N) is 2. The fourth-order valence-corrected chi connectivity index (χ4v) is 2.81. The van der Waals surface area contributed by atoms with Gasteiger partial charge in [0.2, 0.25) is 11.8 Å². The minimum absolute atomic E-state index is 0.0351. The molecule has 1 aliphatic rings. The van der Waals surface area contributed by atoms with Gasteiger partial charge in [0.05, 0.1) is 6.54 Å². The predicted octanol–water partition coefficient (Wildman–Crippen LogP) is 2.21. The Balaban J connectivity index is 1.91. The molecule has 1 aliphatic carbocycles. The molecule has 2 amide bonds. The van der Waals surface area contributed by atoms with Crippen molar-refractivity contribution in [2.24, 2.45) is 5.41 Å². The lowest BCUT2D eigenvalue weighted by molar-refractivity contribution is -0.131. The van der Waals surface area contributed by atoms with E-state index in [1.165, 1.54) is 11.1 Å². The summed E-state index contributed by atoms with van der Waals surface area (Å²) in [5.74, 6) is -0.235. The summed E-state index contributed by atoms with van der Waals surface area (Å²) >= 11 is 0. The van der Waals surface area contributed by atoms with Gasteiger partial charge in [0, 0.05) is 11.0 Å². The maximum Gasteiger partial charge on any atom is 0.239 e. The molecule has 0 aromatic heterocycles. The zero-order chi connectivity index (χ0) is 16.4. The Labute approximate surface area is 132 Å². The van der Waals surface area contributed by atoms with E-state index in [0.29, 0.717) is 0 Å². The van der Waals surface area contributed by atoms with Crippen LogP contribution in [0.15, 0.2) is 24.3 Å². The number of hydrogen-bond acceptors (Lipinski definition) is 2. The van der Waals surface area contributed by atoms with Gasteiger partial charge in [-0.2, -0.15) is 0 Å². The van der Waals surface area contributed by atoms with Crippen molar-refractivity contribution >= 4 is 11.8 Å². The minimum Gasteiger partial charge on any atom is -0.349 e. The van der Waals surface area contributed by atoms with E-state index in [0.717, 1.165) is 19.3 Å². The molecule has 1 aromatic rings. The van der Waals surface area contributed by atoms with Gasteiger partial charge < -0.3 is 10.6 Å². The molecule has 4 heteroatoms. The number of fused-ring (bicyclic) bond motifs is 1. The molecule has 2 rings (SSSR count). The fraction of sp³-hybridized carbons (Fsp3) is 0.556. The molecule has 0 saturated heterocycles. The lowest BCUT2D eigenvalue weighted by Gasteiger charge is -2.36. The van der Waals surface area contributed by atoms with Gasteiger partial charge in [-0.25, -0.2) is 0 Å². The van der Waals surface area contributed by atoms with Gasteiger partial charge >= 0.3 is 0 Å². The minimum atomic E-state index is -0.478. The Hall–Kier alpha value is -1.84. The number of aryl methyl sites for hydroxylation is 1. The first-order chi connectivity index (χ1) is 10.2. The second-order valence-corrected chi connectivity index (χ2v) is 7.49. The van der Waals surface area contributed by atoms with Crippen LogP contribution in [0.5, 0.6) is 0 Å². The van der Waals surface area contributed by atoms with Crippen LogP contribution in [0.4, 0.5) is 0 Å². The van der Waals surface area contributed by atoms with Crippen molar-refractivity contribution in [1.29, 1.82) is 0 Å². The van der Waals surface area contributed by atoms with Gasteiger partial charge in [0.1, 0.15) is 0 Å². The summed E-state index contributed by atoms with van der Waals surface area (Å²) in [4.78, 5) is 23.9. The predicted molar refractivity (Wildman–Crippen MR) is 87.5 cm³/mol. The van der Waals surface area contributed by atoms with Crippen LogP contribution in [0, 0.1) is 5.41 Å². The van der Waals surface area contributed by atoms with Crippen molar-refractivity contribution in [2.75, 3.05) is 6.54 Å². The van der Waals surface area contributed by atoms with E-state index in [-0.39, 0.29) is 23.9 Å². The van der Waals surface area contributed by atoms with E-state index in [1.54, 1.807) is 0 Å². The molecule has 0 bridgehead atoms. The normalized spacial score (nSPS) is 20.9. The van der Waals surface area contributed by atoms with Crippen LogP contribution in [0.3, 0.4) is 0 Å². The average molecular weight is 302 g/mol. The van der Waals surface area contributed by atoms with E-state index < -0.39 is 5.41 Å². The summed E-state index contributed by atoms with van der Waals surface area (Å²) in [6.07, 6.45) is 2.73. The van der Waals surface area contributed by atoms with Gasteiger partial charge in [-0.1, -0.05) is 45.0 Å². The zero-order valence-electron chi connectivity index (χ0n) is 14.0. The van der Waals surface area contributed by atoms with Crippen molar-refractivity contribution in [2.45, 2.75) is 52.5 Å². The smallest absolute Gasteiger partial charge is 0.239 e. The molecule has 2 N–H and O–H groups in total. The van der Waals surface area contributed by atoms with E-state index in [4.69, 9.17) is 0 Å². The average Bonchev–Trinajstić information content (AvgIpc) is 2.43. The molecule has 0 fully saturated rings. The van der Waals surface area contributed by atoms with Crippen molar-refractivity contribution < 1.29 is 9.59 Å². The molecule has 120 valence electrons. The summed E-state index contributed by atoms with van der Waals surface area (Å²) in [7, 11) is 0. The number of hydrogen-bond donors (Lipinski definition) is 2. The summed E-state index contributed by atoms with van der Waals surface area (Å²) in [5.41, 5.74) is 1.96. The Kier molecular flexibility index (Phi) is 4.59. The highest BCUT2D eigenvalue weighted by Gasteiger charge is 2.31. The van der Waals surface area contributed by atoms with Gasteiger partial charge in [-0.3, -0.25) is 9.59 Å². The Morgan fingerprint density at radius 2 is 1.82 bits per heavy atom. The number of amides is 2. The van der Waals surface area contributed by atoms with Crippen LogP contribution >= 0.6 is 0 Å². The number of benzene rings is 1. The largest absolute Gasteiger partial charge is 0.349 e. The first-order valence-corrected chi connectivity index (χ1v) is 7.86. The monoisotopic (exact) mass is 302 g/mol. The lowest BCUT2D eigenvalue weighted by Crippen LogP contribution is -2.53. The molecule has 0 radical (unpaired) electrons. The fourth-order valence-electron chi connectivity index (χ4n) is 2.81. The van der Waals surface area contributed by atoms with Gasteiger partial charge in [-0.05, 0) is 37.3 Å². The number of carbonyl (C=O) groups excluding carboxylic acids is 2. The second-order valence-electron chi connectivity index (χ2n) is 7.49. The van der Waals surface area contributed by atoms with E-state index >= 15 is 0 Å². The molecule has 22 heavy (non-hydrogen) atoms. The van der Waals surface area contributed by atoms with Gasteiger partial charge in [0.15, 0.2) is 0 Å². The highest BCUT2D eigenvalue weighted by Crippen LogP contribution is 2.28. The summed E-state index contributed by atoms with van der Waals surface area (Å²) in [6.45, 7) is 7.61. The highest BCUT2D eigenvalue weighted by molar-refractivity contribution is 5.87. The van der Waals surface area contributed by atoms with E-state index in [1.807, 2.05) is 26.8 Å². The van der Waals surface area contributed by atoms with Crippen molar-refractivity contribution in [3.05, 3.63) is 35.4 Å². The molecule has 4 nitrogen and oxygen atoms in total. The molecule has 0 aliphatic heterocycles. The topological polar surface area (TPSA) is 58.2 Å². The maximum absolute atomic E-state index is 12.1. The van der Waals surface area contributed by atoms with Crippen LogP contribution in [0.2, 0.25) is 0 Å². The van der Waals surface area contributed by atoms with Gasteiger partial charge in [0.25, 0.3) is 0 Å². The van der Waals surface area contributed by atoms with E-state index in [2.05, 4.69) is 35.8 Å². The van der Waals surface area contributed by atoms with Crippen molar-refractivity contribution in [3.63, 3.8) is 0 Å². The third-order valence-electron chi connectivity index (χ3n) is 4.18. The summed E-state index contributed by atoms with van der Waals surface area (Å²) in [6, 6.07) is 8.37. The van der Waals surface area contributed by atoms with Crippen LogP contribution in [-0.2, 0) is 22.4 Å². The molecule has 1 atom stereocenters. The summed E-state index contributed by atoms with van der Waals surface area (Å²) in [5, 5.41) is 5.79. The van der Waals surface area contributed by atoms with Crippen LogP contribution in [-0.4, -0.2) is 23.9 Å². The first-order valence-electron chi connectivity index (χ1n) is 7.86. The quantitative estimate of drug-likeness (QED) is 0.899. The van der Waals surface area contributed by atoms with Crippen molar-refractivity contribution in [1.82, 2.24) is 10.6 Å². The molecular formula is C18H26N2O2. The first kappa shape index (κ1) is 16.5. The molecular weight excluding hydrogens is 276 g/mol. The zero-order valence-corrected chi connectivity index (χ0v) is 14.0. The second kappa shape index (κ2) is 6.11. The van der Waals surface area contributed by atoms with Crippen LogP contribution in [0.25, 0.3) is 0 Å². The van der Waals surface area contributed by atoms with Gasteiger partial charge in [-0.15, -0.1) is 0 Å². The third kappa shape index (κ3) is 4.09. The van der Waals surface area contributed by atoms with Crippen LogP contribution in [0.1, 0.15) is 45.2 Å². The van der Waals surface area contributed by atoms with Crippen LogP contribution < -0.4 is 10.6 Å².